The van der Waals surface area contributed by atoms with Gasteiger partial charge in [0.25, 0.3) is 0 Å². The van der Waals surface area contributed by atoms with Crippen molar-refractivity contribution in [2.75, 3.05) is 23.7 Å². The topological polar surface area (TPSA) is 86.8 Å². The lowest BCUT2D eigenvalue weighted by atomic mass is 10.0. The number of nitrogens with one attached hydrogen (secondary N) is 1. The zero-order chi connectivity index (χ0) is 28.6. The van der Waals surface area contributed by atoms with E-state index in [1.54, 1.807) is 49.4 Å². The summed E-state index contributed by atoms with van der Waals surface area (Å²) in [5.74, 6) is -0.911. The van der Waals surface area contributed by atoms with Crippen molar-refractivity contribution < 1.29 is 18.0 Å². The quantitative estimate of drug-likeness (QED) is 0.313. The zero-order valence-electron chi connectivity index (χ0n) is 22.2. The van der Waals surface area contributed by atoms with Crippen LogP contribution in [0, 0.1) is 6.92 Å². The molecule has 1 atom stereocenters. The second kappa shape index (κ2) is 13.8. The van der Waals surface area contributed by atoms with Gasteiger partial charge in [0.1, 0.15) is 12.6 Å². The second-order valence-electron chi connectivity index (χ2n) is 9.27. The third-order valence-corrected chi connectivity index (χ3v) is 8.11. The Bertz CT molecular complexity index is 1380. The van der Waals surface area contributed by atoms with E-state index < -0.39 is 28.5 Å². The number of nitrogens with zero attached hydrogens (tertiary/aromatic N) is 2. The molecule has 3 aromatic carbocycles. The minimum absolute atomic E-state index is 0.0836. The highest BCUT2D eigenvalue weighted by Crippen LogP contribution is 2.28. The maximum absolute atomic E-state index is 14.1. The van der Waals surface area contributed by atoms with Gasteiger partial charge in [-0.3, -0.25) is 13.9 Å². The van der Waals surface area contributed by atoms with Crippen LogP contribution in [0.2, 0.25) is 10.0 Å². The molecular weight excluding hydrogens is 557 g/mol. The Labute approximate surface area is 240 Å². The summed E-state index contributed by atoms with van der Waals surface area (Å²) >= 11 is 12.9. The summed E-state index contributed by atoms with van der Waals surface area (Å²) in [6.07, 6.45) is 1.98. The molecule has 0 spiro atoms. The van der Waals surface area contributed by atoms with Crippen molar-refractivity contribution in [3.8, 4) is 0 Å². The number of carbonyl (C=O) groups excluding carboxylic acids is 2. The Balaban J connectivity index is 2.10. The van der Waals surface area contributed by atoms with Gasteiger partial charge in [-0.25, -0.2) is 8.42 Å². The van der Waals surface area contributed by atoms with Crippen molar-refractivity contribution in [1.82, 2.24) is 10.2 Å². The molecule has 3 aromatic rings. The van der Waals surface area contributed by atoms with Crippen molar-refractivity contribution in [3.63, 3.8) is 0 Å². The molecule has 39 heavy (non-hydrogen) atoms. The molecule has 0 radical (unpaired) electrons. The largest absolute Gasteiger partial charge is 0.354 e. The van der Waals surface area contributed by atoms with Crippen molar-refractivity contribution in [3.05, 3.63) is 99.5 Å². The van der Waals surface area contributed by atoms with Crippen LogP contribution < -0.4 is 9.62 Å². The van der Waals surface area contributed by atoms with Crippen molar-refractivity contribution in [2.24, 2.45) is 0 Å². The first-order valence-electron chi connectivity index (χ1n) is 12.6. The molecule has 0 fully saturated rings. The summed E-state index contributed by atoms with van der Waals surface area (Å²) in [6.45, 7) is 3.55. The average molecular weight is 591 g/mol. The number of rotatable bonds is 12. The number of halogens is 2. The number of anilines is 1. The van der Waals surface area contributed by atoms with Gasteiger partial charge in [0.15, 0.2) is 0 Å². The minimum atomic E-state index is -3.84. The Morgan fingerprint density at radius 2 is 1.54 bits per heavy atom. The number of sulfonamides is 1. The molecule has 1 unspecified atom stereocenters. The molecule has 1 N–H and O–H groups in total. The highest BCUT2D eigenvalue weighted by molar-refractivity contribution is 7.92. The van der Waals surface area contributed by atoms with Gasteiger partial charge in [-0.1, -0.05) is 84.7 Å². The standard InChI is InChI=1S/C29H33Cl2N3O4S/c1-4-17-32-29(36)27(18-22-12-6-5-7-13-22)33(19-23-24(30)14-10-15-25(23)31)28(35)20-34(39(3,37)38)26-16-9-8-11-21(26)2/h5-16,27H,4,17-20H2,1-3H3,(H,32,36). The molecule has 0 bridgehead atoms. The summed E-state index contributed by atoms with van der Waals surface area (Å²) in [5, 5.41) is 3.58. The fourth-order valence-electron chi connectivity index (χ4n) is 4.21. The summed E-state index contributed by atoms with van der Waals surface area (Å²) in [6, 6.07) is 20.3. The Morgan fingerprint density at radius 3 is 2.13 bits per heavy atom. The number of aryl methyl sites for hydroxylation is 1. The van der Waals surface area contributed by atoms with Gasteiger partial charge in [0.05, 0.1) is 11.9 Å². The van der Waals surface area contributed by atoms with E-state index in [0.29, 0.717) is 39.8 Å². The summed E-state index contributed by atoms with van der Waals surface area (Å²) in [4.78, 5) is 29.0. The Morgan fingerprint density at radius 1 is 0.923 bits per heavy atom. The van der Waals surface area contributed by atoms with Crippen LogP contribution in [0.4, 0.5) is 5.69 Å². The first-order chi connectivity index (χ1) is 18.5. The number of para-hydroxylation sites is 1. The average Bonchev–Trinajstić information content (AvgIpc) is 2.89. The van der Waals surface area contributed by atoms with Crippen LogP contribution in [-0.4, -0.2) is 50.5 Å². The van der Waals surface area contributed by atoms with Crippen molar-refractivity contribution >= 4 is 50.7 Å². The van der Waals surface area contributed by atoms with Gasteiger partial charge in [0.2, 0.25) is 21.8 Å². The molecule has 0 saturated carbocycles. The molecule has 10 heteroatoms. The molecule has 2 amide bonds. The first-order valence-corrected chi connectivity index (χ1v) is 15.2. The van der Waals surface area contributed by atoms with Gasteiger partial charge in [-0.05, 0) is 42.7 Å². The van der Waals surface area contributed by atoms with Crippen LogP contribution in [0.5, 0.6) is 0 Å². The van der Waals surface area contributed by atoms with Crippen molar-refractivity contribution in [1.29, 1.82) is 0 Å². The van der Waals surface area contributed by atoms with Crippen LogP contribution in [0.3, 0.4) is 0 Å². The maximum atomic E-state index is 14.1. The second-order valence-corrected chi connectivity index (χ2v) is 12.0. The fourth-order valence-corrected chi connectivity index (χ4v) is 5.64. The van der Waals surface area contributed by atoms with Gasteiger partial charge in [0, 0.05) is 35.1 Å². The molecule has 0 heterocycles. The lowest BCUT2D eigenvalue weighted by Gasteiger charge is -2.34. The summed E-state index contributed by atoms with van der Waals surface area (Å²) in [5.41, 5.74) is 2.39. The molecule has 0 aliphatic heterocycles. The molecule has 0 saturated heterocycles. The predicted octanol–water partition coefficient (Wildman–Crippen LogP) is 5.23. The monoisotopic (exact) mass is 589 g/mol. The molecule has 0 aliphatic rings. The third kappa shape index (κ3) is 8.21. The van der Waals surface area contributed by atoms with E-state index in [4.69, 9.17) is 23.2 Å². The van der Waals surface area contributed by atoms with Crippen LogP contribution in [0.1, 0.15) is 30.0 Å². The third-order valence-electron chi connectivity index (χ3n) is 6.27. The number of carbonyl (C=O) groups is 2. The van der Waals surface area contributed by atoms with Crippen LogP contribution in [0.15, 0.2) is 72.8 Å². The minimum Gasteiger partial charge on any atom is -0.354 e. The van der Waals surface area contributed by atoms with Crippen LogP contribution >= 0.6 is 23.2 Å². The van der Waals surface area contributed by atoms with E-state index in [9.17, 15) is 18.0 Å². The van der Waals surface area contributed by atoms with Gasteiger partial charge >= 0.3 is 0 Å². The van der Waals surface area contributed by atoms with E-state index in [-0.39, 0.29) is 18.9 Å². The fraction of sp³-hybridized carbons (Fsp3) is 0.310. The summed E-state index contributed by atoms with van der Waals surface area (Å²) in [7, 11) is -3.84. The SMILES string of the molecule is CCCNC(=O)C(Cc1ccccc1)N(Cc1c(Cl)cccc1Cl)C(=O)CN(c1ccccc1C)S(C)(=O)=O. The predicted molar refractivity (Wildman–Crippen MR) is 158 cm³/mol. The van der Waals surface area contributed by atoms with E-state index in [1.165, 1.54) is 4.90 Å². The highest BCUT2D eigenvalue weighted by atomic mass is 35.5. The number of hydrogen-bond acceptors (Lipinski definition) is 4. The lowest BCUT2D eigenvalue weighted by Crippen LogP contribution is -2.53. The Kier molecular flexibility index (Phi) is 10.8. The van der Waals surface area contributed by atoms with E-state index in [2.05, 4.69) is 5.32 Å². The van der Waals surface area contributed by atoms with E-state index in [0.717, 1.165) is 16.1 Å². The highest BCUT2D eigenvalue weighted by Gasteiger charge is 2.33. The normalized spacial score (nSPS) is 12.0. The molecular formula is C29H33Cl2N3O4S. The van der Waals surface area contributed by atoms with Crippen LogP contribution in [-0.2, 0) is 32.6 Å². The number of hydrogen-bond donors (Lipinski definition) is 1. The maximum Gasteiger partial charge on any atom is 0.244 e. The molecule has 0 aliphatic carbocycles. The van der Waals surface area contributed by atoms with Crippen molar-refractivity contribution in [2.45, 2.75) is 39.3 Å². The molecule has 7 nitrogen and oxygen atoms in total. The Hall–Kier alpha value is -3.07. The summed E-state index contributed by atoms with van der Waals surface area (Å²) < 4.78 is 26.8. The first kappa shape index (κ1) is 30.5. The van der Waals surface area contributed by atoms with Crippen LogP contribution in [0.25, 0.3) is 0 Å². The molecule has 208 valence electrons. The molecule has 0 aromatic heterocycles. The number of benzene rings is 3. The lowest BCUT2D eigenvalue weighted by molar-refractivity contribution is -0.140. The van der Waals surface area contributed by atoms with Gasteiger partial charge in [-0.15, -0.1) is 0 Å². The molecule has 3 rings (SSSR count). The smallest absolute Gasteiger partial charge is 0.244 e. The van der Waals surface area contributed by atoms with Gasteiger partial charge < -0.3 is 10.2 Å². The van der Waals surface area contributed by atoms with E-state index in [1.807, 2.05) is 37.3 Å². The van der Waals surface area contributed by atoms with Gasteiger partial charge in [-0.2, -0.15) is 0 Å². The van der Waals surface area contributed by atoms with E-state index >= 15 is 0 Å². The zero-order valence-corrected chi connectivity index (χ0v) is 24.6. The number of amides is 2.